The zero-order valence-electron chi connectivity index (χ0n) is 9.27. The van der Waals surface area contributed by atoms with Crippen molar-refractivity contribution < 1.29 is 14.1 Å². The molecule has 2 aromatic rings. The van der Waals surface area contributed by atoms with E-state index in [4.69, 9.17) is 16.3 Å². The van der Waals surface area contributed by atoms with Gasteiger partial charge in [-0.2, -0.15) is 0 Å². The van der Waals surface area contributed by atoms with Gasteiger partial charge in [0.25, 0.3) is 5.69 Å². The zero-order valence-corrected chi connectivity index (χ0v) is 11.6. The summed E-state index contributed by atoms with van der Waals surface area (Å²) in [5.74, 6) is -0.709. The number of non-ortho nitro benzene ring substituents is 1. The van der Waals surface area contributed by atoms with Crippen molar-refractivity contribution in [3.05, 3.63) is 61.8 Å². The molecule has 0 N–H and O–H groups in total. The summed E-state index contributed by atoms with van der Waals surface area (Å²) < 4.78 is 19.7. The van der Waals surface area contributed by atoms with Crippen LogP contribution in [-0.4, -0.2) is 4.92 Å². The largest absolute Gasteiger partial charge is 0.453 e. The number of ether oxygens (including phenoxy) is 1. The Bertz CT molecular complexity index is 651. The Morgan fingerprint density at radius 3 is 2.58 bits per heavy atom. The lowest BCUT2D eigenvalue weighted by atomic mass is 10.3. The van der Waals surface area contributed by atoms with Gasteiger partial charge in [-0.15, -0.1) is 0 Å². The molecule has 0 saturated heterocycles. The first kappa shape index (κ1) is 13.8. The van der Waals surface area contributed by atoms with Gasteiger partial charge in [0.2, 0.25) is 0 Å². The van der Waals surface area contributed by atoms with Gasteiger partial charge in [0.05, 0.1) is 16.0 Å². The van der Waals surface area contributed by atoms with Crippen LogP contribution in [0.2, 0.25) is 5.02 Å². The van der Waals surface area contributed by atoms with Crippen molar-refractivity contribution in [2.75, 3.05) is 0 Å². The standard InChI is InChI=1S/C12H6BrClFNO3/c13-7-1-3-9(14)12(5-7)19-11-4-2-8(16(17)18)6-10(11)15/h1-6H. The predicted octanol–water partition coefficient (Wildman–Crippen LogP) is 4.94. The molecule has 4 nitrogen and oxygen atoms in total. The highest BCUT2D eigenvalue weighted by Crippen LogP contribution is 2.33. The molecule has 0 aliphatic carbocycles. The van der Waals surface area contributed by atoms with Crippen molar-refractivity contribution in [3.8, 4) is 11.5 Å². The Morgan fingerprint density at radius 2 is 1.95 bits per heavy atom. The first-order chi connectivity index (χ1) is 8.97. The molecule has 0 amide bonds. The van der Waals surface area contributed by atoms with Gasteiger partial charge in [-0.25, -0.2) is 4.39 Å². The highest BCUT2D eigenvalue weighted by atomic mass is 79.9. The fraction of sp³-hybridized carbons (Fsp3) is 0. The van der Waals surface area contributed by atoms with Crippen LogP contribution in [0.25, 0.3) is 0 Å². The third kappa shape index (κ3) is 3.21. The highest BCUT2D eigenvalue weighted by Gasteiger charge is 2.13. The molecule has 0 radical (unpaired) electrons. The van der Waals surface area contributed by atoms with Crippen LogP contribution in [0.15, 0.2) is 40.9 Å². The van der Waals surface area contributed by atoms with E-state index in [0.717, 1.165) is 12.1 Å². The van der Waals surface area contributed by atoms with E-state index in [1.807, 2.05) is 0 Å². The van der Waals surface area contributed by atoms with Gasteiger partial charge < -0.3 is 4.74 Å². The molecule has 2 rings (SSSR count). The first-order valence-electron chi connectivity index (χ1n) is 5.04. The number of nitrogens with zero attached hydrogens (tertiary/aromatic N) is 1. The van der Waals surface area contributed by atoms with Crippen molar-refractivity contribution in [3.63, 3.8) is 0 Å². The smallest absolute Gasteiger partial charge is 0.272 e. The summed E-state index contributed by atoms with van der Waals surface area (Å²) in [6.45, 7) is 0. The van der Waals surface area contributed by atoms with Crippen molar-refractivity contribution in [1.29, 1.82) is 0 Å². The van der Waals surface area contributed by atoms with Gasteiger partial charge in [-0.1, -0.05) is 27.5 Å². The maximum atomic E-state index is 13.6. The van der Waals surface area contributed by atoms with Crippen LogP contribution in [0.5, 0.6) is 11.5 Å². The second kappa shape index (κ2) is 5.54. The van der Waals surface area contributed by atoms with Crippen LogP contribution >= 0.6 is 27.5 Å². The summed E-state index contributed by atoms with van der Waals surface area (Å²) in [6, 6.07) is 8.01. The molecule has 7 heteroatoms. The van der Waals surface area contributed by atoms with Crippen LogP contribution in [0.1, 0.15) is 0 Å². The average molecular weight is 347 g/mol. The Hall–Kier alpha value is -1.66. The molecule has 0 aromatic heterocycles. The van der Waals surface area contributed by atoms with E-state index in [1.165, 1.54) is 6.07 Å². The van der Waals surface area contributed by atoms with Crippen molar-refractivity contribution in [2.24, 2.45) is 0 Å². The van der Waals surface area contributed by atoms with Gasteiger partial charge in [-0.3, -0.25) is 10.1 Å². The lowest BCUT2D eigenvalue weighted by molar-refractivity contribution is -0.385. The topological polar surface area (TPSA) is 52.4 Å². The summed E-state index contributed by atoms with van der Waals surface area (Å²) >= 11 is 9.14. The van der Waals surface area contributed by atoms with Crippen LogP contribution in [-0.2, 0) is 0 Å². The lowest BCUT2D eigenvalue weighted by Gasteiger charge is -2.08. The summed E-state index contributed by atoms with van der Waals surface area (Å²) in [6.07, 6.45) is 0. The van der Waals surface area contributed by atoms with E-state index in [2.05, 4.69) is 15.9 Å². The Labute approximate surface area is 121 Å². The van der Waals surface area contributed by atoms with Crippen LogP contribution < -0.4 is 4.74 Å². The molecular formula is C12H6BrClFNO3. The third-order valence-corrected chi connectivity index (χ3v) is 3.04. The fourth-order valence-electron chi connectivity index (χ4n) is 1.36. The van der Waals surface area contributed by atoms with Crippen LogP contribution in [0, 0.1) is 15.9 Å². The van der Waals surface area contributed by atoms with Crippen LogP contribution in [0.4, 0.5) is 10.1 Å². The van der Waals surface area contributed by atoms with Crippen molar-refractivity contribution >= 4 is 33.2 Å². The molecule has 0 saturated carbocycles. The third-order valence-electron chi connectivity index (χ3n) is 2.24. The molecule has 0 unspecified atom stereocenters. The molecular weight excluding hydrogens is 340 g/mol. The van der Waals surface area contributed by atoms with Gasteiger partial charge in [0.15, 0.2) is 11.6 Å². The number of benzene rings is 2. The van der Waals surface area contributed by atoms with E-state index in [0.29, 0.717) is 9.50 Å². The Kier molecular flexibility index (Phi) is 4.01. The number of rotatable bonds is 3. The lowest BCUT2D eigenvalue weighted by Crippen LogP contribution is -1.93. The Balaban J connectivity index is 2.33. The fourth-order valence-corrected chi connectivity index (χ4v) is 1.86. The number of halogens is 3. The number of nitro benzene ring substituents is 1. The van der Waals surface area contributed by atoms with Gasteiger partial charge in [0.1, 0.15) is 5.75 Å². The van der Waals surface area contributed by atoms with E-state index in [-0.39, 0.29) is 17.2 Å². The molecule has 98 valence electrons. The summed E-state index contributed by atoms with van der Waals surface area (Å²) in [5.41, 5.74) is -0.342. The van der Waals surface area contributed by atoms with E-state index >= 15 is 0 Å². The molecule has 0 atom stereocenters. The molecule has 0 bridgehead atoms. The molecule has 0 spiro atoms. The number of hydrogen-bond donors (Lipinski definition) is 0. The Morgan fingerprint density at radius 1 is 1.21 bits per heavy atom. The second-order valence-electron chi connectivity index (χ2n) is 3.55. The SMILES string of the molecule is O=[N+]([O-])c1ccc(Oc2cc(Br)ccc2Cl)c(F)c1. The van der Waals surface area contributed by atoms with Crippen LogP contribution in [0.3, 0.4) is 0 Å². The first-order valence-corrected chi connectivity index (χ1v) is 6.21. The average Bonchev–Trinajstić information content (AvgIpc) is 2.36. The van der Waals surface area contributed by atoms with Gasteiger partial charge in [0, 0.05) is 10.5 Å². The van der Waals surface area contributed by atoms with E-state index < -0.39 is 10.7 Å². The number of hydrogen-bond acceptors (Lipinski definition) is 3. The molecule has 0 heterocycles. The zero-order chi connectivity index (χ0) is 14.0. The van der Waals surface area contributed by atoms with E-state index in [9.17, 15) is 14.5 Å². The van der Waals surface area contributed by atoms with Gasteiger partial charge >= 0.3 is 0 Å². The minimum absolute atomic E-state index is 0.134. The molecule has 2 aromatic carbocycles. The minimum atomic E-state index is -0.828. The summed E-state index contributed by atoms with van der Waals surface area (Å²) in [5, 5.41) is 10.8. The molecule has 0 aliphatic heterocycles. The minimum Gasteiger partial charge on any atom is -0.453 e. The molecule has 0 fully saturated rings. The number of nitro groups is 1. The quantitative estimate of drug-likeness (QED) is 0.584. The summed E-state index contributed by atoms with van der Waals surface area (Å²) in [7, 11) is 0. The van der Waals surface area contributed by atoms with Crippen molar-refractivity contribution in [1.82, 2.24) is 0 Å². The normalized spacial score (nSPS) is 10.3. The summed E-state index contributed by atoms with van der Waals surface area (Å²) in [4.78, 5) is 9.81. The maximum Gasteiger partial charge on any atom is 0.272 e. The molecule has 19 heavy (non-hydrogen) atoms. The van der Waals surface area contributed by atoms with Gasteiger partial charge in [-0.05, 0) is 24.3 Å². The van der Waals surface area contributed by atoms with E-state index in [1.54, 1.807) is 18.2 Å². The highest BCUT2D eigenvalue weighted by molar-refractivity contribution is 9.10. The predicted molar refractivity (Wildman–Crippen MR) is 72.3 cm³/mol. The van der Waals surface area contributed by atoms with Crippen molar-refractivity contribution in [2.45, 2.75) is 0 Å². The molecule has 0 aliphatic rings. The monoisotopic (exact) mass is 345 g/mol. The second-order valence-corrected chi connectivity index (χ2v) is 4.87. The maximum absolute atomic E-state index is 13.6.